The first-order chi connectivity index (χ1) is 16.7. The van der Waals surface area contributed by atoms with Crippen LogP contribution in [0.4, 0.5) is 10.5 Å². The van der Waals surface area contributed by atoms with Gasteiger partial charge in [-0.05, 0) is 82.6 Å². The Hall–Kier alpha value is -3.10. The molecule has 1 aliphatic rings. The van der Waals surface area contributed by atoms with Crippen molar-refractivity contribution in [1.82, 2.24) is 10.2 Å². The van der Waals surface area contributed by atoms with Crippen molar-refractivity contribution in [3.63, 3.8) is 0 Å². The van der Waals surface area contributed by atoms with Crippen molar-refractivity contribution in [2.24, 2.45) is 0 Å². The van der Waals surface area contributed by atoms with E-state index < -0.39 is 11.7 Å². The van der Waals surface area contributed by atoms with Crippen molar-refractivity contribution in [3.05, 3.63) is 59.7 Å². The Labute approximate surface area is 207 Å². The highest BCUT2D eigenvalue weighted by atomic mass is 16.6. The van der Waals surface area contributed by atoms with E-state index in [2.05, 4.69) is 22.6 Å². The number of rotatable bonds is 9. The summed E-state index contributed by atoms with van der Waals surface area (Å²) < 4.78 is 16.6. The molecule has 1 heterocycles. The van der Waals surface area contributed by atoms with Gasteiger partial charge in [0.15, 0.2) is 0 Å². The number of carbonyl (C=O) groups is 2. The molecule has 35 heavy (non-hydrogen) atoms. The van der Waals surface area contributed by atoms with Gasteiger partial charge >= 0.3 is 6.09 Å². The maximum atomic E-state index is 12.6. The van der Waals surface area contributed by atoms with Gasteiger partial charge in [0.1, 0.15) is 18.0 Å². The predicted molar refractivity (Wildman–Crippen MR) is 136 cm³/mol. The van der Waals surface area contributed by atoms with Gasteiger partial charge < -0.3 is 19.5 Å². The third kappa shape index (κ3) is 9.22. The smallest absolute Gasteiger partial charge is 0.412 e. The SMILES string of the molecule is CN(CCOc1cccc(CNC(=O)c2ccc(NC(=O)OC(C)(C)C)cc2)c1)C1CCOCC1. The standard InChI is InChI=1S/C27H37N3O5/c1-27(2,3)35-26(32)29-22-10-8-21(9-11-22)25(31)28-19-20-6-5-7-24(18-20)34-17-14-30(4)23-12-15-33-16-13-23/h5-11,18,23H,12-17,19H2,1-4H3,(H,28,31)(H,29,32). The zero-order valence-electron chi connectivity index (χ0n) is 21.1. The van der Waals surface area contributed by atoms with Crippen LogP contribution in [0.15, 0.2) is 48.5 Å². The molecular weight excluding hydrogens is 446 g/mol. The first-order valence-electron chi connectivity index (χ1n) is 12.1. The molecule has 2 aromatic carbocycles. The van der Waals surface area contributed by atoms with Crippen LogP contribution in [0.5, 0.6) is 5.75 Å². The van der Waals surface area contributed by atoms with Gasteiger partial charge in [-0.2, -0.15) is 0 Å². The van der Waals surface area contributed by atoms with Gasteiger partial charge in [0.05, 0.1) is 0 Å². The Kier molecular flexibility index (Phi) is 9.51. The summed E-state index contributed by atoms with van der Waals surface area (Å²) in [5, 5.41) is 5.58. The summed E-state index contributed by atoms with van der Waals surface area (Å²) in [6, 6.07) is 15.0. The molecule has 0 bridgehead atoms. The molecule has 0 radical (unpaired) electrons. The van der Waals surface area contributed by atoms with E-state index in [0.29, 0.717) is 30.4 Å². The Morgan fingerprint density at radius 3 is 2.49 bits per heavy atom. The maximum absolute atomic E-state index is 12.6. The molecule has 1 fully saturated rings. The second-order valence-corrected chi connectivity index (χ2v) is 9.71. The van der Waals surface area contributed by atoms with Gasteiger partial charge in [0, 0.05) is 43.6 Å². The molecule has 2 amide bonds. The number of nitrogens with one attached hydrogen (secondary N) is 2. The van der Waals surface area contributed by atoms with E-state index in [1.54, 1.807) is 45.0 Å². The first-order valence-corrected chi connectivity index (χ1v) is 12.1. The van der Waals surface area contributed by atoms with Crippen LogP contribution in [0.1, 0.15) is 49.5 Å². The fourth-order valence-electron chi connectivity index (χ4n) is 3.77. The van der Waals surface area contributed by atoms with Crippen LogP contribution in [-0.2, 0) is 16.0 Å². The number of amides is 2. The van der Waals surface area contributed by atoms with E-state index >= 15 is 0 Å². The molecule has 8 nitrogen and oxygen atoms in total. The van der Waals surface area contributed by atoms with Crippen LogP contribution in [0.3, 0.4) is 0 Å². The summed E-state index contributed by atoms with van der Waals surface area (Å²) in [5.41, 5.74) is 1.44. The van der Waals surface area contributed by atoms with Crippen molar-refractivity contribution in [3.8, 4) is 5.75 Å². The lowest BCUT2D eigenvalue weighted by molar-refractivity contribution is 0.0392. The van der Waals surface area contributed by atoms with Gasteiger partial charge in [-0.3, -0.25) is 15.0 Å². The molecule has 0 saturated carbocycles. The van der Waals surface area contributed by atoms with Crippen LogP contribution in [0.25, 0.3) is 0 Å². The first kappa shape index (κ1) is 26.5. The molecular formula is C27H37N3O5. The molecule has 2 N–H and O–H groups in total. The minimum Gasteiger partial charge on any atom is -0.492 e. The van der Waals surface area contributed by atoms with E-state index in [1.807, 2.05) is 24.3 Å². The van der Waals surface area contributed by atoms with E-state index in [4.69, 9.17) is 14.2 Å². The predicted octanol–water partition coefficient (Wildman–Crippen LogP) is 4.45. The third-order valence-corrected chi connectivity index (χ3v) is 5.67. The molecule has 0 unspecified atom stereocenters. The number of anilines is 1. The molecule has 0 aliphatic carbocycles. The second-order valence-electron chi connectivity index (χ2n) is 9.71. The molecule has 2 aromatic rings. The minimum absolute atomic E-state index is 0.196. The fraction of sp³-hybridized carbons (Fsp3) is 0.481. The lowest BCUT2D eigenvalue weighted by Crippen LogP contribution is -2.38. The summed E-state index contributed by atoms with van der Waals surface area (Å²) in [6.07, 6.45) is 1.59. The Bertz CT molecular complexity index is 966. The van der Waals surface area contributed by atoms with E-state index in [1.165, 1.54) is 0 Å². The summed E-state index contributed by atoms with van der Waals surface area (Å²) in [6.45, 7) is 8.90. The summed E-state index contributed by atoms with van der Waals surface area (Å²) >= 11 is 0. The van der Waals surface area contributed by atoms with Gasteiger partial charge in [-0.1, -0.05) is 12.1 Å². The van der Waals surface area contributed by atoms with Crippen LogP contribution >= 0.6 is 0 Å². The fourth-order valence-corrected chi connectivity index (χ4v) is 3.77. The minimum atomic E-state index is -0.576. The van der Waals surface area contributed by atoms with E-state index in [-0.39, 0.29) is 5.91 Å². The van der Waals surface area contributed by atoms with Crippen LogP contribution in [0, 0.1) is 0 Å². The number of ether oxygens (including phenoxy) is 3. The number of likely N-dealkylation sites (N-methyl/N-ethyl adjacent to an activating group) is 1. The van der Waals surface area contributed by atoms with Crippen LogP contribution in [-0.4, -0.2) is 62.0 Å². The summed E-state index contributed by atoms with van der Waals surface area (Å²) in [4.78, 5) is 26.8. The average Bonchev–Trinajstić information content (AvgIpc) is 2.82. The van der Waals surface area contributed by atoms with Gasteiger partial charge in [-0.25, -0.2) is 4.79 Å². The monoisotopic (exact) mass is 483 g/mol. The van der Waals surface area contributed by atoms with Crippen molar-refractivity contribution < 1.29 is 23.8 Å². The van der Waals surface area contributed by atoms with Gasteiger partial charge in [0.25, 0.3) is 5.91 Å². The number of benzene rings is 2. The number of carbonyl (C=O) groups excluding carboxylic acids is 2. The highest BCUT2D eigenvalue weighted by Gasteiger charge is 2.18. The summed E-state index contributed by atoms with van der Waals surface area (Å²) in [5.74, 6) is 0.591. The summed E-state index contributed by atoms with van der Waals surface area (Å²) in [7, 11) is 2.13. The van der Waals surface area contributed by atoms with Crippen LogP contribution in [0.2, 0.25) is 0 Å². The van der Waals surface area contributed by atoms with Crippen molar-refractivity contribution in [2.45, 2.75) is 51.8 Å². The zero-order chi connectivity index (χ0) is 25.3. The molecule has 1 saturated heterocycles. The number of hydrogen-bond donors (Lipinski definition) is 2. The molecule has 0 atom stereocenters. The molecule has 0 spiro atoms. The molecule has 8 heteroatoms. The Morgan fingerprint density at radius 2 is 1.80 bits per heavy atom. The quantitative estimate of drug-likeness (QED) is 0.548. The number of nitrogens with zero attached hydrogens (tertiary/aromatic N) is 1. The molecule has 1 aliphatic heterocycles. The average molecular weight is 484 g/mol. The number of hydrogen-bond acceptors (Lipinski definition) is 6. The molecule has 0 aromatic heterocycles. The third-order valence-electron chi connectivity index (χ3n) is 5.67. The molecule has 3 rings (SSSR count). The van der Waals surface area contributed by atoms with E-state index in [9.17, 15) is 9.59 Å². The second kappa shape index (κ2) is 12.6. The van der Waals surface area contributed by atoms with Crippen LogP contribution < -0.4 is 15.4 Å². The van der Waals surface area contributed by atoms with Gasteiger partial charge in [0.2, 0.25) is 0 Å². The Morgan fingerprint density at radius 1 is 1.09 bits per heavy atom. The topological polar surface area (TPSA) is 89.1 Å². The van der Waals surface area contributed by atoms with Crippen molar-refractivity contribution in [1.29, 1.82) is 0 Å². The van der Waals surface area contributed by atoms with Gasteiger partial charge in [-0.15, -0.1) is 0 Å². The molecule has 190 valence electrons. The normalized spacial score (nSPS) is 14.4. The Balaban J connectivity index is 1.43. The lowest BCUT2D eigenvalue weighted by Gasteiger charge is -2.31. The largest absolute Gasteiger partial charge is 0.492 e. The zero-order valence-corrected chi connectivity index (χ0v) is 21.1. The highest BCUT2D eigenvalue weighted by Crippen LogP contribution is 2.16. The maximum Gasteiger partial charge on any atom is 0.412 e. The lowest BCUT2D eigenvalue weighted by atomic mass is 10.1. The highest BCUT2D eigenvalue weighted by molar-refractivity contribution is 5.95. The van der Waals surface area contributed by atoms with E-state index in [0.717, 1.165) is 43.9 Å². The van der Waals surface area contributed by atoms with Crippen molar-refractivity contribution in [2.75, 3.05) is 38.7 Å². The van der Waals surface area contributed by atoms with Crippen molar-refractivity contribution >= 4 is 17.7 Å².